The number of rotatable bonds is 6. The van der Waals surface area contributed by atoms with Gasteiger partial charge in [0, 0.05) is 6.61 Å². The summed E-state index contributed by atoms with van der Waals surface area (Å²) in [7, 11) is 0. The van der Waals surface area contributed by atoms with Crippen LogP contribution in [0.3, 0.4) is 0 Å². The highest BCUT2D eigenvalue weighted by atomic mass is 16.5. The molecule has 0 saturated carbocycles. The van der Waals surface area contributed by atoms with Gasteiger partial charge in [0.15, 0.2) is 0 Å². The lowest BCUT2D eigenvalue weighted by Gasteiger charge is -2.28. The van der Waals surface area contributed by atoms with Crippen molar-refractivity contribution in [2.45, 2.75) is 64.0 Å². The summed E-state index contributed by atoms with van der Waals surface area (Å²) in [6.45, 7) is 4.71. The van der Waals surface area contributed by atoms with Crippen molar-refractivity contribution in [3.63, 3.8) is 0 Å². The van der Waals surface area contributed by atoms with E-state index in [0.717, 1.165) is 25.7 Å². The predicted octanol–water partition coefficient (Wildman–Crippen LogP) is 2.14. The fourth-order valence-corrected chi connectivity index (χ4v) is 2.34. The molecule has 0 spiro atoms. The van der Waals surface area contributed by atoms with Gasteiger partial charge in [0.1, 0.15) is 11.6 Å². The number of nitrogens with one attached hydrogen (secondary N) is 1. The van der Waals surface area contributed by atoms with E-state index in [4.69, 9.17) is 4.74 Å². The third kappa shape index (κ3) is 3.71. The van der Waals surface area contributed by atoms with Gasteiger partial charge in [0.25, 0.3) is 0 Å². The predicted molar refractivity (Wildman–Crippen MR) is 65.3 cm³/mol. The van der Waals surface area contributed by atoms with Crippen molar-refractivity contribution in [3.05, 3.63) is 0 Å². The van der Waals surface area contributed by atoms with Gasteiger partial charge in [-0.25, -0.2) is 0 Å². The first-order chi connectivity index (χ1) is 8.17. The van der Waals surface area contributed by atoms with E-state index in [1.165, 1.54) is 0 Å². The fraction of sp³-hybridized carbons (Fsp3) is 0.846. The van der Waals surface area contributed by atoms with Gasteiger partial charge in [-0.15, -0.1) is 0 Å². The number of nitriles is 1. The van der Waals surface area contributed by atoms with Crippen LogP contribution in [0.25, 0.3) is 0 Å². The monoisotopic (exact) mass is 238 g/mol. The molecule has 1 aliphatic heterocycles. The zero-order valence-electron chi connectivity index (χ0n) is 10.8. The van der Waals surface area contributed by atoms with Crippen molar-refractivity contribution in [1.82, 2.24) is 5.32 Å². The van der Waals surface area contributed by atoms with E-state index in [1.54, 1.807) is 0 Å². The molecule has 0 bridgehead atoms. The van der Waals surface area contributed by atoms with Crippen LogP contribution in [0.15, 0.2) is 0 Å². The second-order valence-electron chi connectivity index (χ2n) is 4.68. The van der Waals surface area contributed by atoms with Crippen molar-refractivity contribution in [3.8, 4) is 6.07 Å². The molecule has 1 aliphatic rings. The topological polar surface area (TPSA) is 62.1 Å². The molecule has 0 aromatic heterocycles. The van der Waals surface area contributed by atoms with E-state index in [1.807, 2.05) is 13.8 Å². The van der Waals surface area contributed by atoms with Crippen molar-refractivity contribution in [2.75, 3.05) is 6.61 Å². The van der Waals surface area contributed by atoms with Crippen molar-refractivity contribution < 1.29 is 9.53 Å². The van der Waals surface area contributed by atoms with E-state index in [2.05, 4.69) is 11.4 Å². The Morgan fingerprint density at radius 1 is 1.47 bits per heavy atom. The molecule has 1 saturated heterocycles. The van der Waals surface area contributed by atoms with Crippen molar-refractivity contribution in [2.24, 2.45) is 0 Å². The molecule has 0 aromatic rings. The third-order valence-corrected chi connectivity index (χ3v) is 3.15. The van der Waals surface area contributed by atoms with Crippen molar-refractivity contribution in [1.29, 1.82) is 5.26 Å². The molecule has 1 N–H and O–H groups in total. The Hall–Kier alpha value is -1.08. The minimum absolute atomic E-state index is 0.119. The summed E-state index contributed by atoms with van der Waals surface area (Å²) in [5.41, 5.74) is -0.702. The van der Waals surface area contributed by atoms with Crippen molar-refractivity contribution >= 4 is 5.91 Å². The molecule has 4 nitrogen and oxygen atoms in total. The first-order valence-corrected chi connectivity index (χ1v) is 6.52. The van der Waals surface area contributed by atoms with Gasteiger partial charge in [0.05, 0.1) is 6.07 Å². The molecule has 0 radical (unpaired) electrons. The van der Waals surface area contributed by atoms with E-state index in [9.17, 15) is 10.1 Å². The molecule has 1 unspecified atom stereocenters. The largest absolute Gasteiger partial charge is 0.368 e. The SMILES string of the molecule is CCCC(C#N)(CCC)NC(=O)C1CCCO1. The summed E-state index contributed by atoms with van der Waals surface area (Å²) in [6, 6.07) is 2.28. The number of nitrogens with zero attached hydrogens (tertiary/aromatic N) is 1. The molecule has 1 rings (SSSR count). The van der Waals surface area contributed by atoms with Crippen LogP contribution >= 0.6 is 0 Å². The molecule has 1 amide bonds. The lowest BCUT2D eigenvalue weighted by molar-refractivity contribution is -0.131. The van der Waals surface area contributed by atoms with Gasteiger partial charge >= 0.3 is 0 Å². The van der Waals surface area contributed by atoms with E-state index < -0.39 is 5.54 Å². The molecule has 17 heavy (non-hydrogen) atoms. The molecule has 1 heterocycles. The van der Waals surface area contributed by atoms with Crippen LogP contribution < -0.4 is 5.32 Å². The Bertz CT molecular complexity index is 284. The zero-order chi connectivity index (χ0) is 12.7. The van der Waals surface area contributed by atoms with Crippen LogP contribution in [0.2, 0.25) is 0 Å². The maximum absolute atomic E-state index is 12.0. The molecular weight excluding hydrogens is 216 g/mol. The van der Waals surface area contributed by atoms with Crippen LogP contribution in [0.4, 0.5) is 0 Å². The van der Waals surface area contributed by atoms with Gasteiger partial charge in [-0.3, -0.25) is 4.79 Å². The first kappa shape index (κ1) is 14.0. The Morgan fingerprint density at radius 2 is 2.12 bits per heavy atom. The lowest BCUT2D eigenvalue weighted by atomic mass is 9.90. The van der Waals surface area contributed by atoms with Crippen LogP contribution in [-0.2, 0) is 9.53 Å². The molecule has 0 aliphatic carbocycles. The average Bonchev–Trinajstić information content (AvgIpc) is 2.83. The zero-order valence-corrected chi connectivity index (χ0v) is 10.8. The standard InChI is InChI=1S/C13H22N2O2/c1-3-7-13(10-14,8-4-2)15-12(16)11-6-5-9-17-11/h11H,3-9H2,1-2H3,(H,15,16). The highest BCUT2D eigenvalue weighted by Gasteiger charge is 2.34. The van der Waals surface area contributed by atoms with Crippen LogP contribution in [0, 0.1) is 11.3 Å². The number of carbonyl (C=O) groups excluding carboxylic acids is 1. The minimum Gasteiger partial charge on any atom is -0.368 e. The molecule has 4 heteroatoms. The Morgan fingerprint density at radius 3 is 2.53 bits per heavy atom. The Balaban J connectivity index is 2.64. The average molecular weight is 238 g/mol. The Labute approximate surface area is 103 Å². The van der Waals surface area contributed by atoms with Gasteiger partial charge in [-0.1, -0.05) is 26.7 Å². The molecule has 96 valence electrons. The summed E-state index contributed by atoms with van der Waals surface area (Å²) in [6.07, 6.45) is 4.53. The highest BCUT2D eigenvalue weighted by Crippen LogP contribution is 2.21. The van der Waals surface area contributed by atoms with Gasteiger partial charge < -0.3 is 10.1 Å². The van der Waals surface area contributed by atoms with Gasteiger partial charge in [-0.05, 0) is 25.7 Å². The third-order valence-electron chi connectivity index (χ3n) is 3.15. The van der Waals surface area contributed by atoms with E-state index in [-0.39, 0.29) is 12.0 Å². The van der Waals surface area contributed by atoms with E-state index >= 15 is 0 Å². The maximum atomic E-state index is 12.0. The number of carbonyl (C=O) groups is 1. The van der Waals surface area contributed by atoms with Crippen LogP contribution in [-0.4, -0.2) is 24.2 Å². The maximum Gasteiger partial charge on any atom is 0.250 e. The summed E-state index contributed by atoms with van der Waals surface area (Å²) in [5.74, 6) is -0.119. The number of hydrogen-bond donors (Lipinski definition) is 1. The van der Waals surface area contributed by atoms with Crippen LogP contribution in [0.1, 0.15) is 52.4 Å². The quantitative estimate of drug-likeness (QED) is 0.771. The molecule has 1 atom stereocenters. The lowest BCUT2D eigenvalue weighted by Crippen LogP contribution is -2.50. The number of ether oxygens (including phenoxy) is 1. The van der Waals surface area contributed by atoms with Crippen LogP contribution in [0.5, 0.6) is 0 Å². The van der Waals surface area contributed by atoms with Gasteiger partial charge in [-0.2, -0.15) is 5.26 Å². The first-order valence-electron chi connectivity index (χ1n) is 6.52. The second-order valence-corrected chi connectivity index (χ2v) is 4.68. The minimum atomic E-state index is -0.702. The molecular formula is C13H22N2O2. The normalized spacial score (nSPS) is 19.9. The summed E-state index contributed by atoms with van der Waals surface area (Å²) >= 11 is 0. The number of hydrogen-bond acceptors (Lipinski definition) is 3. The van der Waals surface area contributed by atoms with E-state index in [0.29, 0.717) is 19.4 Å². The summed E-state index contributed by atoms with van der Waals surface area (Å²) < 4.78 is 5.34. The summed E-state index contributed by atoms with van der Waals surface area (Å²) in [5, 5.41) is 12.2. The summed E-state index contributed by atoms with van der Waals surface area (Å²) in [4.78, 5) is 12.0. The molecule has 0 aromatic carbocycles. The smallest absolute Gasteiger partial charge is 0.250 e. The Kier molecular flexibility index (Phi) is 5.43. The molecule has 1 fully saturated rings. The highest BCUT2D eigenvalue weighted by molar-refractivity contribution is 5.82. The number of amides is 1. The van der Waals surface area contributed by atoms with Gasteiger partial charge in [0.2, 0.25) is 5.91 Å². The fourth-order valence-electron chi connectivity index (χ4n) is 2.34. The second kappa shape index (κ2) is 6.61.